The van der Waals surface area contributed by atoms with E-state index in [1.54, 1.807) is 36.4 Å². The van der Waals surface area contributed by atoms with Gasteiger partial charge in [-0.3, -0.25) is 29.6 Å². The number of pyridine rings is 1. The Labute approximate surface area is 151 Å². The molecule has 1 aliphatic heterocycles. The molecular formula is C17H11N5O3S. The second-order valence-corrected chi connectivity index (χ2v) is 6.50. The summed E-state index contributed by atoms with van der Waals surface area (Å²) in [6.07, 6.45) is 3.03. The van der Waals surface area contributed by atoms with Crippen LogP contribution in [-0.4, -0.2) is 37.8 Å². The fourth-order valence-corrected chi connectivity index (χ4v) is 3.28. The smallest absolute Gasteiger partial charge is 0.261 e. The fraction of sp³-hybridized carbons (Fsp3) is 0.0588. The van der Waals surface area contributed by atoms with Crippen molar-refractivity contribution in [2.75, 3.05) is 5.32 Å². The Kier molecular flexibility index (Phi) is 3.98. The van der Waals surface area contributed by atoms with Crippen molar-refractivity contribution in [3.8, 4) is 0 Å². The number of carbonyl (C=O) groups is 3. The van der Waals surface area contributed by atoms with Gasteiger partial charge in [-0.25, -0.2) is 0 Å². The first kappa shape index (κ1) is 16.0. The zero-order valence-electron chi connectivity index (χ0n) is 13.2. The van der Waals surface area contributed by atoms with E-state index in [1.807, 2.05) is 0 Å². The third-order valence-electron chi connectivity index (χ3n) is 3.80. The molecule has 9 heteroatoms. The molecule has 0 aliphatic carbocycles. The highest BCUT2D eigenvalue weighted by Gasteiger charge is 2.35. The van der Waals surface area contributed by atoms with Crippen LogP contribution >= 0.6 is 11.3 Å². The van der Waals surface area contributed by atoms with Gasteiger partial charge < -0.3 is 0 Å². The van der Waals surface area contributed by atoms with Crippen LogP contribution in [0, 0.1) is 0 Å². The van der Waals surface area contributed by atoms with Crippen molar-refractivity contribution in [2.24, 2.45) is 0 Å². The molecular weight excluding hydrogens is 354 g/mol. The standard InChI is InChI=1S/C17H11N5O3S/c23-14(10-5-7-18-8-6-10)19-17-21-20-13(26-17)9-22-15(24)11-3-1-2-4-12(11)16(22)25/h1-8H,9H2,(H,19,21,23). The molecule has 4 rings (SSSR count). The molecule has 3 heterocycles. The van der Waals surface area contributed by atoms with Crippen LogP contribution in [0.4, 0.5) is 5.13 Å². The van der Waals surface area contributed by atoms with Crippen molar-refractivity contribution in [3.63, 3.8) is 0 Å². The monoisotopic (exact) mass is 365 g/mol. The third-order valence-corrected chi connectivity index (χ3v) is 4.62. The van der Waals surface area contributed by atoms with Gasteiger partial charge >= 0.3 is 0 Å². The summed E-state index contributed by atoms with van der Waals surface area (Å²) in [5.41, 5.74) is 1.21. The molecule has 0 spiro atoms. The first-order valence-corrected chi connectivity index (χ1v) is 8.44. The summed E-state index contributed by atoms with van der Waals surface area (Å²) in [6.45, 7) is 0.00907. The molecule has 1 N–H and O–H groups in total. The number of hydrogen-bond donors (Lipinski definition) is 1. The van der Waals surface area contributed by atoms with Crippen LogP contribution in [-0.2, 0) is 6.54 Å². The van der Waals surface area contributed by atoms with E-state index >= 15 is 0 Å². The highest BCUT2D eigenvalue weighted by Crippen LogP contribution is 2.26. The number of aromatic nitrogens is 3. The molecule has 26 heavy (non-hydrogen) atoms. The molecule has 1 aromatic carbocycles. The fourth-order valence-electron chi connectivity index (χ4n) is 2.56. The SMILES string of the molecule is O=C(Nc1nnc(CN2C(=O)c3ccccc3C2=O)s1)c1ccncc1. The van der Waals surface area contributed by atoms with Crippen molar-refractivity contribution < 1.29 is 14.4 Å². The van der Waals surface area contributed by atoms with Gasteiger partial charge in [0.2, 0.25) is 5.13 Å². The Bertz CT molecular complexity index is 983. The second-order valence-electron chi connectivity index (χ2n) is 5.43. The number of anilines is 1. The van der Waals surface area contributed by atoms with Crippen LogP contribution in [0.3, 0.4) is 0 Å². The van der Waals surface area contributed by atoms with E-state index in [9.17, 15) is 14.4 Å². The van der Waals surface area contributed by atoms with Crippen molar-refractivity contribution in [3.05, 3.63) is 70.5 Å². The summed E-state index contributed by atoms with van der Waals surface area (Å²) in [7, 11) is 0. The minimum Gasteiger partial charge on any atom is -0.296 e. The molecule has 3 aromatic rings. The van der Waals surface area contributed by atoms with Crippen molar-refractivity contribution >= 4 is 34.2 Å². The van der Waals surface area contributed by atoms with Gasteiger partial charge in [0, 0.05) is 18.0 Å². The van der Waals surface area contributed by atoms with E-state index in [0.29, 0.717) is 26.8 Å². The zero-order valence-corrected chi connectivity index (χ0v) is 14.1. The summed E-state index contributed by atoms with van der Waals surface area (Å²) in [5.74, 6) is -1.05. The molecule has 8 nitrogen and oxygen atoms in total. The highest BCUT2D eigenvalue weighted by molar-refractivity contribution is 7.15. The van der Waals surface area contributed by atoms with Gasteiger partial charge in [0.25, 0.3) is 17.7 Å². The van der Waals surface area contributed by atoms with E-state index in [-0.39, 0.29) is 24.3 Å². The summed E-state index contributed by atoms with van der Waals surface area (Å²) < 4.78 is 0. The topological polar surface area (TPSA) is 105 Å². The number of imide groups is 1. The van der Waals surface area contributed by atoms with E-state index in [4.69, 9.17) is 0 Å². The number of amides is 3. The number of nitrogens with zero attached hydrogens (tertiary/aromatic N) is 4. The van der Waals surface area contributed by atoms with Crippen molar-refractivity contribution in [1.82, 2.24) is 20.1 Å². The van der Waals surface area contributed by atoms with Gasteiger partial charge in [0.15, 0.2) is 0 Å². The predicted octanol–water partition coefficient (Wildman–Crippen LogP) is 1.98. The number of benzene rings is 1. The van der Waals surface area contributed by atoms with Crippen LogP contribution in [0.25, 0.3) is 0 Å². The van der Waals surface area contributed by atoms with Crippen molar-refractivity contribution in [1.29, 1.82) is 0 Å². The molecule has 2 aromatic heterocycles. The molecule has 128 valence electrons. The summed E-state index contributed by atoms with van der Waals surface area (Å²) in [6, 6.07) is 9.83. The largest absolute Gasteiger partial charge is 0.296 e. The number of rotatable bonds is 4. The molecule has 0 radical (unpaired) electrons. The van der Waals surface area contributed by atoms with E-state index in [2.05, 4.69) is 20.5 Å². The summed E-state index contributed by atoms with van der Waals surface area (Å²) >= 11 is 1.11. The normalized spacial score (nSPS) is 13.0. The predicted molar refractivity (Wildman–Crippen MR) is 92.7 cm³/mol. The lowest BCUT2D eigenvalue weighted by Crippen LogP contribution is -2.29. The first-order chi connectivity index (χ1) is 12.6. The van der Waals surface area contributed by atoms with Crippen molar-refractivity contribution in [2.45, 2.75) is 6.54 Å². The Balaban J connectivity index is 1.47. The van der Waals surface area contributed by atoms with Gasteiger partial charge in [-0.15, -0.1) is 10.2 Å². The number of fused-ring (bicyclic) bond motifs is 1. The lowest BCUT2D eigenvalue weighted by Gasteiger charge is -2.10. The van der Waals surface area contributed by atoms with E-state index in [1.165, 1.54) is 12.4 Å². The zero-order chi connectivity index (χ0) is 18.1. The Morgan fingerprint density at radius 3 is 2.31 bits per heavy atom. The van der Waals surface area contributed by atoms with Crippen LogP contribution < -0.4 is 5.32 Å². The van der Waals surface area contributed by atoms with E-state index in [0.717, 1.165) is 16.2 Å². The number of carbonyl (C=O) groups excluding carboxylic acids is 3. The molecule has 0 bridgehead atoms. The third kappa shape index (κ3) is 2.84. The highest BCUT2D eigenvalue weighted by atomic mass is 32.1. The summed E-state index contributed by atoms with van der Waals surface area (Å²) in [4.78, 5) is 41.8. The summed E-state index contributed by atoms with van der Waals surface area (Å²) in [5, 5.41) is 11.2. The maximum atomic E-state index is 12.4. The van der Waals surface area contributed by atoms with Gasteiger partial charge in [0.05, 0.1) is 17.7 Å². The van der Waals surface area contributed by atoms with Crippen LogP contribution in [0.1, 0.15) is 36.1 Å². The second kappa shape index (κ2) is 6.45. The molecule has 0 fully saturated rings. The maximum Gasteiger partial charge on any atom is 0.261 e. The molecule has 0 saturated heterocycles. The Hall–Kier alpha value is -3.46. The van der Waals surface area contributed by atoms with Gasteiger partial charge in [-0.1, -0.05) is 23.5 Å². The van der Waals surface area contributed by atoms with Crippen LogP contribution in [0.2, 0.25) is 0 Å². The van der Waals surface area contributed by atoms with Crippen LogP contribution in [0.15, 0.2) is 48.8 Å². The molecule has 0 unspecified atom stereocenters. The number of nitrogens with one attached hydrogen (secondary N) is 1. The average Bonchev–Trinajstić information content (AvgIpc) is 3.21. The first-order valence-electron chi connectivity index (χ1n) is 7.62. The Morgan fingerprint density at radius 2 is 1.65 bits per heavy atom. The van der Waals surface area contributed by atoms with Gasteiger partial charge in [-0.05, 0) is 24.3 Å². The quantitative estimate of drug-likeness (QED) is 0.709. The molecule has 0 atom stereocenters. The molecule has 1 aliphatic rings. The molecule has 0 saturated carbocycles. The van der Waals surface area contributed by atoms with Gasteiger partial charge in [-0.2, -0.15) is 0 Å². The molecule has 3 amide bonds. The van der Waals surface area contributed by atoms with E-state index < -0.39 is 0 Å². The van der Waals surface area contributed by atoms with Gasteiger partial charge in [0.1, 0.15) is 5.01 Å². The maximum absolute atomic E-state index is 12.4. The lowest BCUT2D eigenvalue weighted by molar-refractivity contribution is 0.0641. The Morgan fingerprint density at radius 1 is 1.00 bits per heavy atom. The number of hydrogen-bond acceptors (Lipinski definition) is 7. The minimum absolute atomic E-state index is 0.00907. The van der Waals surface area contributed by atoms with Crippen LogP contribution in [0.5, 0.6) is 0 Å². The lowest BCUT2D eigenvalue weighted by atomic mass is 10.1. The minimum atomic E-state index is -0.358. The average molecular weight is 365 g/mol.